The Hall–Kier alpha value is -0.740. The summed E-state index contributed by atoms with van der Waals surface area (Å²) in [5.41, 5.74) is 0.00463. The van der Waals surface area contributed by atoms with E-state index in [1.165, 1.54) is 0 Å². The number of hydrogen-bond donors (Lipinski definition) is 0. The predicted octanol–water partition coefficient (Wildman–Crippen LogP) is 3.23. The van der Waals surface area contributed by atoms with Crippen LogP contribution in [0.2, 0.25) is 4.47 Å². The van der Waals surface area contributed by atoms with Gasteiger partial charge in [0.1, 0.15) is 11.3 Å². The molecule has 1 aromatic heterocycles. The van der Waals surface area contributed by atoms with E-state index in [4.69, 9.17) is 11.6 Å². The largest absolute Gasteiger partial charge is 0.222 e. The Bertz CT molecular complexity index is 401. The van der Waals surface area contributed by atoms with E-state index in [2.05, 4.69) is 4.98 Å². The Morgan fingerprint density at radius 3 is 2.58 bits per heavy atom. The molecule has 0 amide bonds. The van der Waals surface area contributed by atoms with Crippen LogP contribution in [0.25, 0.3) is 10.2 Å². The number of rotatable bonds is 0. The molecular weight excluding hydrogens is 204 g/mol. The van der Waals surface area contributed by atoms with E-state index < -0.39 is 11.6 Å². The first-order valence-corrected chi connectivity index (χ1v) is 4.28. The van der Waals surface area contributed by atoms with Crippen LogP contribution in [0.4, 0.5) is 8.78 Å². The number of fused-ring (bicyclic) bond motifs is 1. The van der Waals surface area contributed by atoms with Crippen LogP contribution >= 0.6 is 22.9 Å². The molecule has 0 saturated heterocycles. The van der Waals surface area contributed by atoms with E-state index in [0.717, 1.165) is 23.5 Å². The molecule has 0 unspecified atom stereocenters. The molecule has 1 heterocycles. The number of thiazole rings is 1. The fourth-order valence-corrected chi connectivity index (χ4v) is 1.95. The smallest absolute Gasteiger partial charge is 0.184 e. The molecule has 0 aliphatic heterocycles. The molecule has 0 aliphatic carbocycles. The van der Waals surface area contributed by atoms with E-state index in [9.17, 15) is 8.78 Å². The molecule has 1 nitrogen and oxygen atoms in total. The van der Waals surface area contributed by atoms with Crippen molar-refractivity contribution < 1.29 is 8.78 Å². The van der Waals surface area contributed by atoms with E-state index in [1.807, 2.05) is 0 Å². The molecule has 5 heteroatoms. The summed E-state index contributed by atoms with van der Waals surface area (Å²) in [7, 11) is 0. The van der Waals surface area contributed by atoms with Crippen LogP contribution < -0.4 is 0 Å². The molecule has 0 spiro atoms. The second-order valence-electron chi connectivity index (χ2n) is 2.17. The molecule has 62 valence electrons. The second-order valence-corrected chi connectivity index (χ2v) is 3.75. The molecule has 0 aliphatic rings. The summed E-state index contributed by atoms with van der Waals surface area (Å²) in [5.74, 6) is -1.04. The standard InChI is InChI=1S/C7H2ClF2NS/c8-7-11-5-3(9)1-2-4(10)6(5)12-7/h1-2H. The highest BCUT2D eigenvalue weighted by atomic mass is 35.5. The quantitative estimate of drug-likeness (QED) is 0.644. The first-order chi connectivity index (χ1) is 5.68. The van der Waals surface area contributed by atoms with E-state index in [-0.39, 0.29) is 14.7 Å². The van der Waals surface area contributed by atoms with Crippen LogP contribution in [0.1, 0.15) is 0 Å². The summed E-state index contributed by atoms with van der Waals surface area (Å²) < 4.78 is 26.1. The maximum absolute atomic E-state index is 12.9. The molecule has 0 radical (unpaired) electrons. The van der Waals surface area contributed by atoms with E-state index >= 15 is 0 Å². The minimum Gasteiger partial charge on any atom is -0.222 e. The van der Waals surface area contributed by atoms with Gasteiger partial charge < -0.3 is 0 Å². The predicted molar refractivity (Wildman–Crippen MR) is 44.5 cm³/mol. The molecule has 1 aromatic carbocycles. The Balaban J connectivity index is 2.93. The normalized spacial score (nSPS) is 10.9. The second kappa shape index (κ2) is 2.64. The van der Waals surface area contributed by atoms with Gasteiger partial charge in [0.05, 0.1) is 4.70 Å². The number of halogens is 3. The summed E-state index contributed by atoms with van der Waals surface area (Å²) in [6, 6.07) is 2.10. The third-order valence-electron chi connectivity index (χ3n) is 1.42. The van der Waals surface area contributed by atoms with Gasteiger partial charge in [-0.15, -0.1) is 0 Å². The van der Waals surface area contributed by atoms with Crippen molar-refractivity contribution in [2.75, 3.05) is 0 Å². The molecular formula is C7H2ClF2NS. The highest BCUT2D eigenvalue weighted by Gasteiger charge is 2.10. The lowest BCUT2D eigenvalue weighted by Gasteiger charge is -1.90. The first kappa shape index (κ1) is 7.89. The average molecular weight is 206 g/mol. The summed E-state index contributed by atoms with van der Waals surface area (Å²) in [6.45, 7) is 0. The monoisotopic (exact) mass is 205 g/mol. The Kier molecular flexibility index (Phi) is 1.73. The number of nitrogens with zero attached hydrogens (tertiary/aromatic N) is 1. The molecule has 0 atom stereocenters. The van der Waals surface area contributed by atoms with Crippen molar-refractivity contribution in [3.63, 3.8) is 0 Å². The van der Waals surface area contributed by atoms with Gasteiger partial charge in [0.15, 0.2) is 10.3 Å². The van der Waals surface area contributed by atoms with Crippen LogP contribution in [0, 0.1) is 11.6 Å². The van der Waals surface area contributed by atoms with E-state index in [1.54, 1.807) is 0 Å². The first-order valence-electron chi connectivity index (χ1n) is 3.08. The lowest BCUT2D eigenvalue weighted by atomic mass is 10.3. The summed E-state index contributed by atoms with van der Waals surface area (Å²) in [6.07, 6.45) is 0. The van der Waals surface area contributed by atoms with Crippen LogP contribution in [0.15, 0.2) is 12.1 Å². The van der Waals surface area contributed by atoms with Crippen LogP contribution in [0.3, 0.4) is 0 Å². The minimum absolute atomic E-state index is 0.00463. The minimum atomic E-state index is -0.547. The Morgan fingerprint density at radius 2 is 1.92 bits per heavy atom. The molecule has 0 fully saturated rings. The van der Waals surface area contributed by atoms with Crippen LogP contribution in [0.5, 0.6) is 0 Å². The molecule has 0 N–H and O–H groups in total. The van der Waals surface area contributed by atoms with Gasteiger partial charge in [-0.1, -0.05) is 22.9 Å². The summed E-state index contributed by atoms with van der Waals surface area (Å²) in [4.78, 5) is 3.64. The van der Waals surface area contributed by atoms with Gasteiger partial charge in [0.25, 0.3) is 0 Å². The average Bonchev–Trinajstić information content (AvgIpc) is 2.41. The van der Waals surface area contributed by atoms with Gasteiger partial charge in [-0.05, 0) is 12.1 Å². The van der Waals surface area contributed by atoms with Gasteiger partial charge in [-0.3, -0.25) is 0 Å². The zero-order valence-corrected chi connectivity index (χ0v) is 7.22. The van der Waals surface area contributed by atoms with Gasteiger partial charge in [-0.25, -0.2) is 13.8 Å². The molecule has 12 heavy (non-hydrogen) atoms. The van der Waals surface area contributed by atoms with Crippen LogP contribution in [-0.4, -0.2) is 4.98 Å². The van der Waals surface area contributed by atoms with Crippen molar-refractivity contribution in [1.29, 1.82) is 0 Å². The van der Waals surface area contributed by atoms with E-state index in [0.29, 0.717) is 0 Å². The van der Waals surface area contributed by atoms with Crippen molar-refractivity contribution in [2.24, 2.45) is 0 Å². The highest BCUT2D eigenvalue weighted by Crippen LogP contribution is 2.29. The van der Waals surface area contributed by atoms with Gasteiger partial charge in [-0.2, -0.15) is 0 Å². The molecule has 2 aromatic rings. The van der Waals surface area contributed by atoms with Crippen molar-refractivity contribution in [2.45, 2.75) is 0 Å². The maximum atomic E-state index is 12.9. The Labute approximate surface area is 75.6 Å². The summed E-state index contributed by atoms with van der Waals surface area (Å²) >= 11 is 6.43. The zero-order chi connectivity index (χ0) is 8.72. The lowest BCUT2D eigenvalue weighted by Crippen LogP contribution is -1.79. The number of benzene rings is 1. The van der Waals surface area contributed by atoms with Crippen molar-refractivity contribution in [1.82, 2.24) is 4.98 Å². The lowest BCUT2D eigenvalue weighted by molar-refractivity contribution is 0.617. The van der Waals surface area contributed by atoms with Gasteiger partial charge in [0.2, 0.25) is 0 Å². The van der Waals surface area contributed by atoms with Crippen LogP contribution in [-0.2, 0) is 0 Å². The van der Waals surface area contributed by atoms with Crippen molar-refractivity contribution >= 4 is 33.2 Å². The van der Waals surface area contributed by atoms with Gasteiger partial charge in [0, 0.05) is 0 Å². The number of hydrogen-bond acceptors (Lipinski definition) is 2. The zero-order valence-electron chi connectivity index (χ0n) is 5.64. The van der Waals surface area contributed by atoms with Crippen molar-refractivity contribution in [3.05, 3.63) is 28.2 Å². The fraction of sp³-hybridized carbons (Fsp3) is 0. The fourth-order valence-electron chi connectivity index (χ4n) is 0.919. The van der Waals surface area contributed by atoms with Gasteiger partial charge >= 0.3 is 0 Å². The molecule has 0 bridgehead atoms. The SMILES string of the molecule is Fc1ccc(F)c2sc(Cl)nc12. The highest BCUT2D eigenvalue weighted by molar-refractivity contribution is 7.22. The third kappa shape index (κ3) is 1.07. The molecule has 0 saturated carbocycles. The molecule has 2 rings (SSSR count). The topological polar surface area (TPSA) is 12.9 Å². The Morgan fingerprint density at radius 1 is 1.25 bits per heavy atom. The number of aromatic nitrogens is 1. The third-order valence-corrected chi connectivity index (χ3v) is 2.59. The maximum Gasteiger partial charge on any atom is 0.184 e. The summed E-state index contributed by atoms with van der Waals surface area (Å²) in [5, 5.41) is 0. The van der Waals surface area contributed by atoms with Crippen molar-refractivity contribution in [3.8, 4) is 0 Å².